The van der Waals surface area contributed by atoms with Gasteiger partial charge in [0.15, 0.2) is 0 Å². The summed E-state index contributed by atoms with van der Waals surface area (Å²) in [5.74, 6) is 1.06. The van der Waals surface area contributed by atoms with Crippen molar-refractivity contribution in [2.45, 2.75) is 6.42 Å². The predicted octanol–water partition coefficient (Wildman–Crippen LogP) is 2.52. The van der Waals surface area contributed by atoms with Crippen LogP contribution in [0, 0.1) is 5.82 Å². The lowest BCUT2D eigenvalue weighted by Crippen LogP contribution is -2.47. The van der Waals surface area contributed by atoms with E-state index in [0.29, 0.717) is 11.3 Å². The average molecular weight is 392 g/mol. The Bertz CT molecular complexity index is 958. The van der Waals surface area contributed by atoms with Crippen LogP contribution in [0.2, 0.25) is 0 Å². The molecule has 0 bridgehead atoms. The number of carbonyl (C=O) groups excluding carboxylic acids is 1. The van der Waals surface area contributed by atoms with E-state index in [-0.39, 0.29) is 18.1 Å². The fraction of sp³-hybridized carbons (Fsp3) is 0.238. The van der Waals surface area contributed by atoms with Crippen LogP contribution in [0.15, 0.2) is 61.1 Å². The van der Waals surface area contributed by atoms with Crippen LogP contribution in [0.5, 0.6) is 0 Å². The van der Waals surface area contributed by atoms with Crippen molar-refractivity contribution >= 4 is 23.4 Å². The van der Waals surface area contributed by atoms with E-state index >= 15 is 0 Å². The number of rotatable bonds is 5. The van der Waals surface area contributed by atoms with Crippen LogP contribution in [-0.4, -0.2) is 47.0 Å². The smallest absolute Gasteiger partial charge is 0.228 e. The van der Waals surface area contributed by atoms with E-state index in [4.69, 9.17) is 0 Å². The number of hydrogen-bond donors (Lipinski definition) is 1. The summed E-state index contributed by atoms with van der Waals surface area (Å²) >= 11 is 0. The Morgan fingerprint density at radius 2 is 1.72 bits per heavy atom. The third-order valence-electron chi connectivity index (χ3n) is 4.72. The standard InChI is InChI=1S/C21H21FN6O/c22-17-4-1-3-16(13-17)14-20(29)26-18-5-6-19(25-15-18)27-9-11-28(12-10-27)21-23-7-2-8-24-21/h1-8,13,15H,9-12,14H2,(H,26,29). The summed E-state index contributed by atoms with van der Waals surface area (Å²) < 4.78 is 13.2. The molecule has 1 N–H and O–H groups in total. The van der Waals surface area contributed by atoms with Gasteiger partial charge in [-0.15, -0.1) is 0 Å². The molecule has 3 aromatic rings. The van der Waals surface area contributed by atoms with Crippen molar-refractivity contribution in [3.63, 3.8) is 0 Å². The number of piperazine rings is 1. The number of nitrogens with zero attached hydrogens (tertiary/aromatic N) is 5. The second-order valence-electron chi connectivity index (χ2n) is 6.78. The zero-order valence-electron chi connectivity index (χ0n) is 15.8. The molecule has 0 radical (unpaired) electrons. The molecule has 1 fully saturated rings. The molecule has 3 heterocycles. The van der Waals surface area contributed by atoms with Gasteiger partial charge >= 0.3 is 0 Å². The van der Waals surface area contributed by atoms with Crippen LogP contribution in [0.3, 0.4) is 0 Å². The number of nitrogens with one attached hydrogen (secondary N) is 1. The molecule has 2 aromatic heterocycles. The topological polar surface area (TPSA) is 74.2 Å². The minimum Gasteiger partial charge on any atom is -0.353 e. The van der Waals surface area contributed by atoms with Crippen molar-refractivity contribution in [3.8, 4) is 0 Å². The van der Waals surface area contributed by atoms with Gasteiger partial charge in [-0.05, 0) is 35.9 Å². The van der Waals surface area contributed by atoms with Gasteiger partial charge in [0.05, 0.1) is 18.3 Å². The molecule has 0 atom stereocenters. The highest BCUT2D eigenvalue weighted by atomic mass is 19.1. The lowest BCUT2D eigenvalue weighted by atomic mass is 10.1. The van der Waals surface area contributed by atoms with Crippen molar-refractivity contribution in [1.29, 1.82) is 0 Å². The zero-order chi connectivity index (χ0) is 20.1. The van der Waals surface area contributed by atoms with E-state index in [9.17, 15) is 9.18 Å². The second-order valence-corrected chi connectivity index (χ2v) is 6.78. The van der Waals surface area contributed by atoms with Crippen LogP contribution in [0.25, 0.3) is 0 Å². The van der Waals surface area contributed by atoms with E-state index < -0.39 is 0 Å². The lowest BCUT2D eigenvalue weighted by Gasteiger charge is -2.35. The van der Waals surface area contributed by atoms with E-state index in [2.05, 4.69) is 30.1 Å². The maximum absolute atomic E-state index is 13.2. The van der Waals surface area contributed by atoms with Crippen LogP contribution in [0.4, 0.5) is 21.8 Å². The van der Waals surface area contributed by atoms with Gasteiger partial charge in [0.1, 0.15) is 11.6 Å². The highest BCUT2D eigenvalue weighted by Gasteiger charge is 2.19. The van der Waals surface area contributed by atoms with Crippen molar-refractivity contribution in [1.82, 2.24) is 15.0 Å². The molecule has 1 aliphatic heterocycles. The number of hydrogen-bond acceptors (Lipinski definition) is 6. The zero-order valence-corrected chi connectivity index (χ0v) is 15.8. The quantitative estimate of drug-likeness (QED) is 0.719. The van der Waals surface area contributed by atoms with Crippen molar-refractivity contribution in [3.05, 3.63) is 72.4 Å². The van der Waals surface area contributed by atoms with Crippen LogP contribution in [0.1, 0.15) is 5.56 Å². The van der Waals surface area contributed by atoms with E-state index in [1.807, 2.05) is 18.2 Å². The number of aromatic nitrogens is 3. The molecule has 1 aromatic carbocycles. The minimum atomic E-state index is -0.347. The summed E-state index contributed by atoms with van der Waals surface area (Å²) in [6, 6.07) is 11.6. The first-order valence-electron chi connectivity index (χ1n) is 9.45. The maximum Gasteiger partial charge on any atom is 0.228 e. The van der Waals surface area contributed by atoms with Crippen LogP contribution < -0.4 is 15.1 Å². The number of anilines is 3. The number of carbonyl (C=O) groups is 1. The molecule has 1 saturated heterocycles. The van der Waals surface area contributed by atoms with E-state index in [0.717, 1.165) is 37.9 Å². The largest absolute Gasteiger partial charge is 0.353 e. The summed E-state index contributed by atoms with van der Waals surface area (Å²) in [4.78, 5) is 29.6. The maximum atomic E-state index is 13.2. The Hall–Kier alpha value is -3.55. The number of benzene rings is 1. The van der Waals surface area contributed by atoms with E-state index in [1.54, 1.807) is 30.7 Å². The minimum absolute atomic E-state index is 0.114. The molecule has 148 valence electrons. The Balaban J connectivity index is 1.31. The Morgan fingerprint density at radius 3 is 2.41 bits per heavy atom. The highest BCUT2D eigenvalue weighted by Crippen LogP contribution is 2.18. The van der Waals surface area contributed by atoms with Gasteiger partial charge in [0.25, 0.3) is 0 Å². The molecule has 0 spiro atoms. The van der Waals surface area contributed by atoms with Crippen molar-refractivity contribution < 1.29 is 9.18 Å². The van der Waals surface area contributed by atoms with Crippen LogP contribution >= 0.6 is 0 Å². The summed E-state index contributed by atoms with van der Waals surface area (Å²) in [5.41, 5.74) is 1.25. The first-order valence-corrected chi connectivity index (χ1v) is 9.45. The molecular weight excluding hydrogens is 371 g/mol. The molecule has 0 unspecified atom stereocenters. The third-order valence-corrected chi connectivity index (χ3v) is 4.72. The fourth-order valence-electron chi connectivity index (χ4n) is 3.27. The van der Waals surface area contributed by atoms with Crippen molar-refractivity contribution in [2.24, 2.45) is 0 Å². The normalized spacial score (nSPS) is 14.0. The molecular formula is C21H21FN6O. The summed E-state index contributed by atoms with van der Waals surface area (Å²) in [7, 11) is 0. The van der Waals surface area contributed by atoms with Gasteiger partial charge < -0.3 is 15.1 Å². The third kappa shape index (κ3) is 4.84. The van der Waals surface area contributed by atoms with Gasteiger partial charge in [-0.2, -0.15) is 0 Å². The summed E-state index contributed by atoms with van der Waals surface area (Å²) in [6.07, 6.45) is 5.25. The molecule has 29 heavy (non-hydrogen) atoms. The fourth-order valence-corrected chi connectivity index (χ4v) is 3.27. The first-order chi connectivity index (χ1) is 14.2. The highest BCUT2D eigenvalue weighted by molar-refractivity contribution is 5.92. The Labute approximate surface area is 168 Å². The Kier molecular flexibility index (Phi) is 5.60. The summed E-state index contributed by atoms with van der Waals surface area (Å²) in [5, 5.41) is 2.80. The van der Waals surface area contributed by atoms with Gasteiger partial charge in [0, 0.05) is 38.6 Å². The number of halogens is 1. The van der Waals surface area contributed by atoms with Crippen LogP contribution in [-0.2, 0) is 11.2 Å². The SMILES string of the molecule is O=C(Cc1cccc(F)c1)Nc1ccc(N2CCN(c3ncccn3)CC2)nc1. The Morgan fingerprint density at radius 1 is 0.966 bits per heavy atom. The molecule has 0 saturated carbocycles. The van der Waals surface area contributed by atoms with Gasteiger partial charge in [-0.3, -0.25) is 4.79 Å². The van der Waals surface area contributed by atoms with Crippen molar-refractivity contribution in [2.75, 3.05) is 41.3 Å². The number of pyridine rings is 1. The molecule has 7 nitrogen and oxygen atoms in total. The second kappa shape index (κ2) is 8.64. The summed E-state index contributed by atoms with van der Waals surface area (Å²) in [6.45, 7) is 3.27. The molecule has 1 amide bonds. The molecule has 8 heteroatoms. The number of amides is 1. The first kappa shape index (κ1) is 18.8. The lowest BCUT2D eigenvalue weighted by molar-refractivity contribution is -0.115. The predicted molar refractivity (Wildman–Crippen MR) is 109 cm³/mol. The average Bonchev–Trinajstić information content (AvgIpc) is 2.75. The van der Waals surface area contributed by atoms with E-state index in [1.165, 1.54) is 12.1 Å². The monoisotopic (exact) mass is 392 g/mol. The van der Waals surface area contributed by atoms with Gasteiger partial charge in [-0.1, -0.05) is 12.1 Å². The van der Waals surface area contributed by atoms with Gasteiger partial charge in [0.2, 0.25) is 11.9 Å². The van der Waals surface area contributed by atoms with Gasteiger partial charge in [-0.25, -0.2) is 19.3 Å². The molecule has 0 aliphatic carbocycles. The molecule has 1 aliphatic rings. The molecule has 4 rings (SSSR count).